The van der Waals surface area contributed by atoms with Gasteiger partial charge in [0.25, 0.3) is 5.56 Å². The van der Waals surface area contributed by atoms with Crippen LogP contribution in [-0.4, -0.2) is 15.0 Å². The molecule has 2 heterocycles. The van der Waals surface area contributed by atoms with Crippen LogP contribution in [0.2, 0.25) is 0 Å². The number of carbonyl (C=O) groups is 1. The largest absolute Gasteiger partial charge is 0.457 e. The maximum Gasteiger partial charge on any atom is 0.331 e. The van der Waals surface area contributed by atoms with Gasteiger partial charge in [-0.3, -0.25) is 18.7 Å². The molecule has 32 heavy (non-hydrogen) atoms. The van der Waals surface area contributed by atoms with E-state index in [1.165, 1.54) is 4.57 Å². The number of benzene rings is 3. The number of amides is 1. The van der Waals surface area contributed by atoms with E-state index in [-0.39, 0.29) is 24.6 Å². The molecule has 0 bridgehead atoms. The molecule has 1 aliphatic rings. The van der Waals surface area contributed by atoms with Crippen LogP contribution < -0.4 is 21.3 Å². The number of carbonyl (C=O) groups excluding carboxylic acids is 1. The molecule has 1 aliphatic heterocycles. The molecular formula is C25H21N3O4. The molecule has 0 unspecified atom stereocenters. The summed E-state index contributed by atoms with van der Waals surface area (Å²) in [7, 11) is 0. The van der Waals surface area contributed by atoms with Gasteiger partial charge in [0.2, 0.25) is 5.91 Å². The van der Waals surface area contributed by atoms with Gasteiger partial charge < -0.3 is 10.1 Å². The predicted octanol–water partition coefficient (Wildman–Crippen LogP) is 3.19. The van der Waals surface area contributed by atoms with Gasteiger partial charge in [0.15, 0.2) is 0 Å². The van der Waals surface area contributed by atoms with E-state index in [9.17, 15) is 14.4 Å². The molecule has 160 valence electrons. The lowest BCUT2D eigenvalue weighted by Crippen LogP contribution is -2.43. The average molecular weight is 427 g/mol. The minimum Gasteiger partial charge on any atom is -0.457 e. The molecule has 0 spiro atoms. The van der Waals surface area contributed by atoms with Crippen molar-refractivity contribution in [1.29, 1.82) is 0 Å². The number of nitrogens with one attached hydrogen (secondary N) is 1. The van der Waals surface area contributed by atoms with Crippen molar-refractivity contribution in [2.45, 2.75) is 26.1 Å². The Morgan fingerprint density at radius 1 is 0.875 bits per heavy atom. The van der Waals surface area contributed by atoms with Crippen LogP contribution in [0.5, 0.6) is 11.5 Å². The summed E-state index contributed by atoms with van der Waals surface area (Å²) in [5.74, 6) is 1.02. The Morgan fingerprint density at radius 2 is 1.47 bits per heavy atom. The van der Waals surface area contributed by atoms with Crippen LogP contribution in [0.4, 0.5) is 0 Å². The van der Waals surface area contributed by atoms with Crippen molar-refractivity contribution < 1.29 is 9.53 Å². The summed E-state index contributed by atoms with van der Waals surface area (Å²) in [6.45, 7) is 1.75. The van der Waals surface area contributed by atoms with E-state index in [1.807, 2.05) is 48.5 Å². The van der Waals surface area contributed by atoms with Crippen molar-refractivity contribution in [1.82, 2.24) is 14.5 Å². The second kappa shape index (κ2) is 7.85. The molecule has 4 aromatic rings. The Morgan fingerprint density at radius 3 is 2.12 bits per heavy atom. The zero-order valence-corrected chi connectivity index (χ0v) is 17.4. The maximum absolute atomic E-state index is 13.2. The van der Waals surface area contributed by atoms with Gasteiger partial charge in [0, 0.05) is 17.7 Å². The lowest BCUT2D eigenvalue weighted by Gasteiger charge is -2.29. The summed E-state index contributed by atoms with van der Waals surface area (Å²) in [5.41, 5.74) is 1.27. The van der Waals surface area contributed by atoms with Crippen LogP contribution in [-0.2, 0) is 17.9 Å². The van der Waals surface area contributed by atoms with Crippen molar-refractivity contribution in [3.63, 3.8) is 0 Å². The Bertz CT molecular complexity index is 1420. The molecule has 0 atom stereocenters. The zero-order valence-electron chi connectivity index (χ0n) is 17.4. The van der Waals surface area contributed by atoms with E-state index in [0.29, 0.717) is 22.4 Å². The molecule has 1 aromatic heterocycles. The van der Waals surface area contributed by atoms with Gasteiger partial charge in [-0.2, -0.15) is 0 Å². The summed E-state index contributed by atoms with van der Waals surface area (Å²) in [5, 5.41) is 3.46. The van der Waals surface area contributed by atoms with E-state index in [4.69, 9.17) is 4.74 Å². The smallest absolute Gasteiger partial charge is 0.331 e. The standard InChI is InChI=1S/C25H21N3O4/c1-2-27-24(30)16-9-3-6-12-19(16)28(25(27)31)15-22(29)26-23-17-10-4-7-13-20(17)32-21-14-8-5-11-18(21)23/h3-14,23H,2,15H2,1H3,(H,26,29). The molecule has 0 radical (unpaired) electrons. The summed E-state index contributed by atoms with van der Waals surface area (Å²) in [4.78, 5) is 38.8. The fraction of sp³-hybridized carbons (Fsp3) is 0.160. The highest BCUT2D eigenvalue weighted by Crippen LogP contribution is 2.42. The van der Waals surface area contributed by atoms with E-state index >= 15 is 0 Å². The first kappa shape index (κ1) is 19.8. The number of aromatic nitrogens is 2. The van der Waals surface area contributed by atoms with E-state index < -0.39 is 11.7 Å². The minimum absolute atomic E-state index is 0.207. The lowest BCUT2D eigenvalue weighted by molar-refractivity contribution is -0.122. The summed E-state index contributed by atoms with van der Waals surface area (Å²) in [6, 6.07) is 21.5. The highest BCUT2D eigenvalue weighted by atomic mass is 16.5. The number of nitrogens with zero attached hydrogens (tertiary/aromatic N) is 2. The number of hydrogen-bond acceptors (Lipinski definition) is 4. The zero-order chi connectivity index (χ0) is 22.2. The van der Waals surface area contributed by atoms with Crippen molar-refractivity contribution in [3.8, 4) is 11.5 Å². The quantitative estimate of drug-likeness (QED) is 0.542. The van der Waals surface area contributed by atoms with Gasteiger partial charge in [0.1, 0.15) is 18.0 Å². The molecule has 0 aliphatic carbocycles. The molecular weight excluding hydrogens is 406 g/mol. The molecule has 1 amide bonds. The normalized spacial score (nSPS) is 12.7. The third-order valence-corrected chi connectivity index (χ3v) is 5.74. The van der Waals surface area contributed by atoms with Gasteiger partial charge in [-0.25, -0.2) is 4.79 Å². The third-order valence-electron chi connectivity index (χ3n) is 5.74. The van der Waals surface area contributed by atoms with Crippen LogP contribution in [0, 0.1) is 0 Å². The SMILES string of the molecule is CCn1c(=O)c2ccccc2n(CC(=O)NC2c3ccccc3Oc3ccccc32)c1=O. The fourth-order valence-corrected chi connectivity index (χ4v) is 4.22. The van der Waals surface area contributed by atoms with Crippen molar-refractivity contribution in [2.24, 2.45) is 0 Å². The van der Waals surface area contributed by atoms with Gasteiger partial charge >= 0.3 is 5.69 Å². The maximum atomic E-state index is 13.2. The minimum atomic E-state index is -0.501. The van der Waals surface area contributed by atoms with E-state index in [2.05, 4.69) is 5.32 Å². The number of rotatable bonds is 4. The Labute approximate surface area is 183 Å². The summed E-state index contributed by atoms with van der Waals surface area (Å²) >= 11 is 0. The first-order chi connectivity index (χ1) is 15.6. The van der Waals surface area contributed by atoms with Gasteiger partial charge in [-0.05, 0) is 31.2 Å². The molecule has 7 nitrogen and oxygen atoms in total. The summed E-state index contributed by atoms with van der Waals surface area (Å²) in [6.07, 6.45) is 0. The monoisotopic (exact) mass is 427 g/mol. The number of para-hydroxylation sites is 3. The first-order valence-corrected chi connectivity index (χ1v) is 10.5. The van der Waals surface area contributed by atoms with Crippen LogP contribution in [0.3, 0.4) is 0 Å². The molecule has 0 fully saturated rings. The average Bonchev–Trinajstić information content (AvgIpc) is 2.82. The Hall–Kier alpha value is -4.13. The Kier molecular flexibility index (Phi) is 4.86. The Balaban J connectivity index is 1.54. The first-order valence-electron chi connectivity index (χ1n) is 10.5. The lowest BCUT2D eigenvalue weighted by atomic mass is 9.94. The second-order valence-corrected chi connectivity index (χ2v) is 7.61. The van der Waals surface area contributed by atoms with Crippen LogP contribution in [0.25, 0.3) is 10.9 Å². The van der Waals surface area contributed by atoms with Crippen LogP contribution in [0.15, 0.2) is 82.4 Å². The molecule has 0 saturated carbocycles. The predicted molar refractivity (Wildman–Crippen MR) is 121 cm³/mol. The number of ether oxygens (including phenoxy) is 1. The number of hydrogen-bond donors (Lipinski definition) is 1. The van der Waals surface area contributed by atoms with Gasteiger partial charge in [0.05, 0.1) is 16.9 Å². The molecule has 5 rings (SSSR count). The summed E-state index contributed by atoms with van der Waals surface area (Å²) < 4.78 is 8.48. The van der Waals surface area contributed by atoms with E-state index in [1.54, 1.807) is 31.2 Å². The fourth-order valence-electron chi connectivity index (χ4n) is 4.22. The highest BCUT2D eigenvalue weighted by Gasteiger charge is 2.28. The molecule has 7 heteroatoms. The van der Waals surface area contributed by atoms with Crippen molar-refractivity contribution in [3.05, 3.63) is 105 Å². The van der Waals surface area contributed by atoms with Crippen LogP contribution in [0.1, 0.15) is 24.1 Å². The second-order valence-electron chi connectivity index (χ2n) is 7.61. The molecule has 0 saturated heterocycles. The van der Waals surface area contributed by atoms with Crippen LogP contribution >= 0.6 is 0 Å². The molecule has 1 N–H and O–H groups in total. The van der Waals surface area contributed by atoms with Crippen molar-refractivity contribution >= 4 is 16.8 Å². The van der Waals surface area contributed by atoms with Gasteiger partial charge in [-0.15, -0.1) is 0 Å². The van der Waals surface area contributed by atoms with E-state index in [0.717, 1.165) is 15.7 Å². The van der Waals surface area contributed by atoms with Crippen molar-refractivity contribution in [2.75, 3.05) is 0 Å². The number of fused-ring (bicyclic) bond motifs is 3. The molecule has 3 aromatic carbocycles. The highest BCUT2D eigenvalue weighted by molar-refractivity contribution is 5.82. The topological polar surface area (TPSA) is 82.3 Å². The van der Waals surface area contributed by atoms with Gasteiger partial charge in [-0.1, -0.05) is 48.5 Å². The third kappa shape index (κ3) is 3.19.